The molecule has 1 aromatic heterocycles. The number of rotatable bonds is 4. The van der Waals surface area contributed by atoms with Gasteiger partial charge in [0.05, 0.1) is 16.8 Å². The first kappa shape index (κ1) is 13.5. The Morgan fingerprint density at radius 3 is 2.37 bits per heavy atom. The molecule has 0 saturated heterocycles. The third-order valence-electron chi connectivity index (χ3n) is 2.74. The summed E-state index contributed by atoms with van der Waals surface area (Å²) in [4.78, 5) is 10.4. The van der Waals surface area contributed by atoms with E-state index in [1.807, 2.05) is 24.3 Å². The summed E-state index contributed by atoms with van der Waals surface area (Å²) in [7, 11) is -1.26. The minimum atomic E-state index is -3.01. The number of nitrogens with two attached hydrogens (primary N) is 1. The predicted molar refractivity (Wildman–Crippen MR) is 76.9 cm³/mol. The lowest BCUT2D eigenvalue weighted by molar-refractivity contribution is 0.601. The van der Waals surface area contributed by atoms with Gasteiger partial charge in [0, 0.05) is 19.8 Å². The van der Waals surface area contributed by atoms with E-state index in [0.29, 0.717) is 18.2 Å². The molecule has 0 aliphatic rings. The van der Waals surface area contributed by atoms with Crippen LogP contribution in [0.3, 0.4) is 0 Å². The van der Waals surface area contributed by atoms with Crippen LogP contribution >= 0.6 is 0 Å². The Morgan fingerprint density at radius 2 is 1.79 bits per heavy atom. The molecule has 0 atom stereocenters. The van der Waals surface area contributed by atoms with Gasteiger partial charge in [0.2, 0.25) is 0 Å². The second-order valence-electron chi connectivity index (χ2n) is 4.47. The molecule has 2 N–H and O–H groups in total. The molecule has 0 fully saturated rings. The van der Waals surface area contributed by atoms with Crippen LogP contribution in [-0.2, 0) is 9.84 Å². The lowest BCUT2D eigenvalue weighted by atomic mass is 10.3. The zero-order valence-corrected chi connectivity index (χ0v) is 11.7. The number of aromatic nitrogens is 2. The highest BCUT2D eigenvalue weighted by atomic mass is 32.2. The smallest absolute Gasteiger partial charge is 0.171 e. The van der Waals surface area contributed by atoms with Crippen molar-refractivity contribution in [2.24, 2.45) is 0 Å². The highest BCUT2D eigenvalue weighted by Crippen LogP contribution is 2.21. The van der Waals surface area contributed by atoms with Crippen LogP contribution in [0.5, 0.6) is 0 Å². The molecule has 0 amide bonds. The van der Waals surface area contributed by atoms with Crippen molar-refractivity contribution >= 4 is 32.5 Å². The van der Waals surface area contributed by atoms with Gasteiger partial charge in [0.25, 0.3) is 0 Å². The van der Waals surface area contributed by atoms with Crippen molar-refractivity contribution in [2.75, 3.05) is 36.2 Å². The summed E-state index contributed by atoms with van der Waals surface area (Å²) in [6.07, 6.45) is 1.20. The largest absolute Gasteiger partial charge is 0.381 e. The lowest BCUT2D eigenvalue weighted by Gasteiger charge is -2.19. The Hall–Kier alpha value is -1.89. The van der Waals surface area contributed by atoms with Crippen molar-refractivity contribution in [1.29, 1.82) is 0 Å². The van der Waals surface area contributed by atoms with Gasteiger partial charge < -0.3 is 10.6 Å². The summed E-state index contributed by atoms with van der Waals surface area (Å²) >= 11 is 0. The van der Waals surface area contributed by atoms with Crippen molar-refractivity contribution in [3.63, 3.8) is 0 Å². The molecule has 2 rings (SSSR count). The number of hydrogen-bond donors (Lipinski definition) is 1. The number of sulfone groups is 1. The Morgan fingerprint density at radius 1 is 1.21 bits per heavy atom. The number of hydrogen-bond acceptors (Lipinski definition) is 6. The quantitative estimate of drug-likeness (QED) is 0.886. The Bertz CT molecular complexity index is 700. The second-order valence-corrected chi connectivity index (χ2v) is 6.73. The summed E-state index contributed by atoms with van der Waals surface area (Å²) < 4.78 is 22.3. The lowest BCUT2D eigenvalue weighted by Crippen LogP contribution is -2.26. The van der Waals surface area contributed by atoms with Gasteiger partial charge >= 0.3 is 0 Å². The fourth-order valence-corrected chi connectivity index (χ4v) is 2.30. The van der Waals surface area contributed by atoms with Gasteiger partial charge in [-0.25, -0.2) is 18.4 Å². The van der Waals surface area contributed by atoms with E-state index in [9.17, 15) is 8.42 Å². The number of benzene rings is 1. The molecule has 19 heavy (non-hydrogen) atoms. The van der Waals surface area contributed by atoms with Crippen LogP contribution in [0.15, 0.2) is 24.3 Å². The molecule has 0 saturated carbocycles. The van der Waals surface area contributed by atoms with E-state index in [-0.39, 0.29) is 5.75 Å². The van der Waals surface area contributed by atoms with Gasteiger partial charge in [-0.05, 0) is 12.1 Å². The van der Waals surface area contributed by atoms with Crippen LogP contribution in [0, 0.1) is 0 Å². The van der Waals surface area contributed by atoms with E-state index in [4.69, 9.17) is 5.73 Å². The number of fused-ring (bicyclic) bond motifs is 1. The van der Waals surface area contributed by atoms with Gasteiger partial charge in [-0.2, -0.15) is 0 Å². The van der Waals surface area contributed by atoms with Crippen molar-refractivity contribution < 1.29 is 8.42 Å². The van der Waals surface area contributed by atoms with Gasteiger partial charge in [-0.15, -0.1) is 0 Å². The Balaban J connectivity index is 2.31. The SMILES string of the molecule is CN(CCS(C)(=O)=O)c1nc2ccccc2nc1N. The first-order chi connectivity index (χ1) is 8.87. The summed E-state index contributed by atoms with van der Waals surface area (Å²) in [5.74, 6) is 0.856. The molecule has 0 bridgehead atoms. The highest BCUT2D eigenvalue weighted by Gasteiger charge is 2.12. The number of anilines is 2. The molecule has 0 aliphatic heterocycles. The van der Waals surface area contributed by atoms with Crippen molar-refractivity contribution in [2.45, 2.75) is 0 Å². The van der Waals surface area contributed by atoms with Crippen molar-refractivity contribution in [1.82, 2.24) is 9.97 Å². The topological polar surface area (TPSA) is 89.2 Å². The molecular weight excluding hydrogens is 264 g/mol. The van der Waals surface area contributed by atoms with Crippen molar-refractivity contribution in [3.05, 3.63) is 24.3 Å². The summed E-state index contributed by atoms with van der Waals surface area (Å²) in [6.45, 7) is 0.329. The number of nitrogens with zero attached hydrogens (tertiary/aromatic N) is 3. The van der Waals surface area contributed by atoms with Gasteiger partial charge in [0.1, 0.15) is 9.84 Å². The van der Waals surface area contributed by atoms with Crippen LogP contribution in [0.2, 0.25) is 0 Å². The van der Waals surface area contributed by atoms with E-state index in [1.54, 1.807) is 11.9 Å². The molecular formula is C12H16N4O2S. The maximum absolute atomic E-state index is 11.2. The van der Waals surface area contributed by atoms with E-state index in [0.717, 1.165) is 11.0 Å². The maximum atomic E-state index is 11.2. The summed E-state index contributed by atoms with van der Waals surface area (Å²) in [5, 5.41) is 0. The molecule has 102 valence electrons. The monoisotopic (exact) mass is 280 g/mol. The minimum Gasteiger partial charge on any atom is -0.381 e. The van der Waals surface area contributed by atoms with Crippen LogP contribution in [-0.4, -0.2) is 44.0 Å². The Labute approximate surface area is 112 Å². The average Bonchev–Trinajstić information content (AvgIpc) is 2.34. The zero-order valence-electron chi connectivity index (χ0n) is 10.9. The van der Waals surface area contributed by atoms with Gasteiger partial charge in [-0.3, -0.25) is 0 Å². The molecule has 1 aromatic carbocycles. The molecule has 1 heterocycles. The van der Waals surface area contributed by atoms with Gasteiger partial charge in [-0.1, -0.05) is 12.1 Å². The number of nitrogen functional groups attached to an aromatic ring is 1. The van der Waals surface area contributed by atoms with Crippen LogP contribution in [0.1, 0.15) is 0 Å². The Kier molecular flexibility index (Phi) is 3.57. The van der Waals surface area contributed by atoms with Gasteiger partial charge in [0.15, 0.2) is 11.6 Å². The summed E-state index contributed by atoms with van der Waals surface area (Å²) in [5.41, 5.74) is 7.32. The first-order valence-corrected chi connectivity index (χ1v) is 7.84. The molecule has 0 aliphatic carbocycles. The molecule has 0 radical (unpaired) electrons. The second kappa shape index (κ2) is 5.00. The molecule has 6 nitrogen and oxygen atoms in total. The summed E-state index contributed by atoms with van der Waals surface area (Å²) in [6, 6.07) is 7.41. The van der Waals surface area contributed by atoms with Crippen LogP contribution < -0.4 is 10.6 Å². The minimum absolute atomic E-state index is 0.0530. The van der Waals surface area contributed by atoms with Crippen molar-refractivity contribution in [3.8, 4) is 0 Å². The van der Waals surface area contributed by atoms with E-state index < -0.39 is 9.84 Å². The van der Waals surface area contributed by atoms with E-state index in [1.165, 1.54) is 6.26 Å². The van der Waals surface area contributed by atoms with Crippen LogP contribution in [0.4, 0.5) is 11.6 Å². The maximum Gasteiger partial charge on any atom is 0.171 e. The zero-order chi connectivity index (χ0) is 14.0. The van der Waals surface area contributed by atoms with E-state index >= 15 is 0 Å². The fraction of sp³-hybridized carbons (Fsp3) is 0.333. The molecule has 7 heteroatoms. The third kappa shape index (κ3) is 3.31. The fourth-order valence-electron chi connectivity index (χ4n) is 1.69. The molecule has 0 spiro atoms. The van der Waals surface area contributed by atoms with Crippen LogP contribution in [0.25, 0.3) is 11.0 Å². The average molecular weight is 280 g/mol. The predicted octanol–water partition coefficient (Wildman–Crippen LogP) is 0.693. The standard InChI is InChI=1S/C12H16N4O2S/c1-16(7-8-19(2,17)18)12-11(13)14-9-5-3-4-6-10(9)15-12/h3-6H,7-8H2,1-2H3,(H2,13,14). The third-order valence-corrected chi connectivity index (χ3v) is 3.66. The van der Waals surface area contributed by atoms with E-state index in [2.05, 4.69) is 9.97 Å². The molecule has 0 unspecified atom stereocenters. The highest BCUT2D eigenvalue weighted by molar-refractivity contribution is 7.90. The number of para-hydroxylation sites is 2. The molecule has 2 aromatic rings. The normalized spacial score (nSPS) is 11.7. The first-order valence-electron chi connectivity index (χ1n) is 5.78.